The minimum atomic E-state index is 0.867. The summed E-state index contributed by atoms with van der Waals surface area (Å²) in [6.07, 6.45) is 0. The second-order valence-corrected chi connectivity index (χ2v) is 5.13. The van der Waals surface area contributed by atoms with Crippen LogP contribution in [0.4, 0.5) is 11.4 Å². The summed E-state index contributed by atoms with van der Waals surface area (Å²) in [5, 5.41) is 6.89. The Kier molecular flexibility index (Phi) is 4.19. The zero-order valence-electron chi connectivity index (χ0n) is 11.7. The van der Waals surface area contributed by atoms with E-state index >= 15 is 0 Å². The Balaban J connectivity index is 1.65. The largest absolute Gasteiger partial charge is 0.381 e. The van der Waals surface area contributed by atoms with E-state index in [1.54, 1.807) is 0 Å². The molecule has 0 amide bonds. The van der Waals surface area contributed by atoms with Gasteiger partial charge in [0.2, 0.25) is 0 Å². The Morgan fingerprint density at radius 3 is 2.55 bits per heavy atom. The third kappa shape index (κ3) is 3.31. The SMILES string of the molecule is c1ccc(CNc2cccc(N3CCNCC3)c2)cc1. The smallest absolute Gasteiger partial charge is 0.0400 e. The molecule has 3 nitrogen and oxygen atoms in total. The molecule has 0 spiro atoms. The normalized spacial score (nSPS) is 15.1. The van der Waals surface area contributed by atoms with E-state index in [0.29, 0.717) is 0 Å². The van der Waals surface area contributed by atoms with Crippen molar-refractivity contribution < 1.29 is 0 Å². The van der Waals surface area contributed by atoms with Crippen LogP contribution in [0.2, 0.25) is 0 Å². The molecule has 1 aliphatic rings. The molecule has 0 unspecified atom stereocenters. The highest BCUT2D eigenvalue weighted by Crippen LogP contribution is 2.20. The predicted molar refractivity (Wildman–Crippen MR) is 85.3 cm³/mol. The van der Waals surface area contributed by atoms with Gasteiger partial charge in [0.05, 0.1) is 0 Å². The molecule has 0 aromatic heterocycles. The number of anilines is 2. The Bertz CT molecular complexity index is 533. The lowest BCUT2D eigenvalue weighted by Crippen LogP contribution is -2.43. The first kappa shape index (κ1) is 13.0. The molecule has 2 aromatic carbocycles. The summed E-state index contributed by atoms with van der Waals surface area (Å²) >= 11 is 0. The summed E-state index contributed by atoms with van der Waals surface area (Å²) in [7, 11) is 0. The van der Waals surface area contributed by atoms with Crippen molar-refractivity contribution in [1.82, 2.24) is 5.32 Å². The first-order valence-corrected chi connectivity index (χ1v) is 7.25. The van der Waals surface area contributed by atoms with Gasteiger partial charge in [-0.3, -0.25) is 0 Å². The fourth-order valence-corrected chi connectivity index (χ4v) is 2.54. The third-order valence-electron chi connectivity index (χ3n) is 3.67. The van der Waals surface area contributed by atoms with E-state index < -0.39 is 0 Å². The molecule has 20 heavy (non-hydrogen) atoms. The van der Waals surface area contributed by atoms with Gasteiger partial charge in [-0.05, 0) is 23.8 Å². The zero-order valence-corrected chi connectivity index (χ0v) is 11.7. The molecule has 0 bridgehead atoms. The highest BCUT2D eigenvalue weighted by atomic mass is 15.2. The minimum absolute atomic E-state index is 0.867. The molecule has 1 fully saturated rings. The van der Waals surface area contributed by atoms with Gasteiger partial charge in [0.1, 0.15) is 0 Å². The maximum atomic E-state index is 3.50. The first-order chi connectivity index (χ1) is 9.92. The second-order valence-electron chi connectivity index (χ2n) is 5.13. The van der Waals surface area contributed by atoms with Crippen LogP contribution in [0.25, 0.3) is 0 Å². The van der Waals surface area contributed by atoms with Gasteiger partial charge >= 0.3 is 0 Å². The highest BCUT2D eigenvalue weighted by molar-refractivity contribution is 5.58. The van der Waals surface area contributed by atoms with Crippen molar-refractivity contribution in [1.29, 1.82) is 0 Å². The average Bonchev–Trinajstić information content (AvgIpc) is 2.55. The Hall–Kier alpha value is -2.00. The van der Waals surface area contributed by atoms with Crippen LogP contribution in [0, 0.1) is 0 Å². The summed E-state index contributed by atoms with van der Waals surface area (Å²) in [5.74, 6) is 0. The van der Waals surface area contributed by atoms with Gasteiger partial charge in [-0.1, -0.05) is 36.4 Å². The van der Waals surface area contributed by atoms with Crippen molar-refractivity contribution >= 4 is 11.4 Å². The van der Waals surface area contributed by atoms with Crippen LogP contribution in [-0.4, -0.2) is 26.2 Å². The van der Waals surface area contributed by atoms with Gasteiger partial charge in [-0.25, -0.2) is 0 Å². The molecule has 0 radical (unpaired) electrons. The third-order valence-corrected chi connectivity index (χ3v) is 3.67. The molecule has 1 aliphatic heterocycles. The van der Waals surface area contributed by atoms with E-state index in [1.165, 1.54) is 16.9 Å². The van der Waals surface area contributed by atoms with Gasteiger partial charge in [-0.2, -0.15) is 0 Å². The van der Waals surface area contributed by atoms with Gasteiger partial charge < -0.3 is 15.5 Å². The van der Waals surface area contributed by atoms with E-state index in [9.17, 15) is 0 Å². The fourth-order valence-electron chi connectivity index (χ4n) is 2.54. The quantitative estimate of drug-likeness (QED) is 0.892. The van der Waals surface area contributed by atoms with Crippen molar-refractivity contribution in [3.05, 3.63) is 60.2 Å². The molecule has 0 saturated carbocycles. The lowest BCUT2D eigenvalue weighted by molar-refractivity contribution is 0.589. The first-order valence-electron chi connectivity index (χ1n) is 7.25. The van der Waals surface area contributed by atoms with Gasteiger partial charge in [0.25, 0.3) is 0 Å². The highest BCUT2D eigenvalue weighted by Gasteiger charge is 2.10. The maximum Gasteiger partial charge on any atom is 0.0400 e. The van der Waals surface area contributed by atoms with Crippen LogP contribution in [0.3, 0.4) is 0 Å². The molecule has 3 rings (SSSR count). The average molecular weight is 267 g/mol. The fraction of sp³-hybridized carbons (Fsp3) is 0.294. The molecule has 1 heterocycles. The van der Waals surface area contributed by atoms with E-state index in [1.807, 2.05) is 0 Å². The molecule has 2 N–H and O–H groups in total. The minimum Gasteiger partial charge on any atom is -0.381 e. The molecule has 0 atom stereocenters. The predicted octanol–water partition coefficient (Wildman–Crippen LogP) is 2.71. The van der Waals surface area contributed by atoms with E-state index in [-0.39, 0.29) is 0 Å². The summed E-state index contributed by atoms with van der Waals surface area (Å²) in [5.41, 5.74) is 3.80. The number of nitrogens with one attached hydrogen (secondary N) is 2. The monoisotopic (exact) mass is 267 g/mol. The van der Waals surface area contributed by atoms with E-state index in [0.717, 1.165) is 32.7 Å². The maximum absolute atomic E-state index is 3.50. The van der Waals surface area contributed by atoms with Crippen molar-refractivity contribution in [2.24, 2.45) is 0 Å². The summed E-state index contributed by atoms with van der Waals surface area (Å²) in [6, 6.07) is 19.2. The standard InChI is InChI=1S/C17H21N3/c1-2-5-15(6-3-1)14-19-16-7-4-8-17(13-16)20-11-9-18-10-12-20/h1-8,13,18-19H,9-12,14H2. The summed E-state index contributed by atoms with van der Waals surface area (Å²) < 4.78 is 0. The van der Waals surface area contributed by atoms with Crippen LogP contribution < -0.4 is 15.5 Å². The lowest BCUT2D eigenvalue weighted by Gasteiger charge is -2.29. The number of piperazine rings is 1. The van der Waals surface area contributed by atoms with Crippen molar-refractivity contribution in [3.8, 4) is 0 Å². The second kappa shape index (κ2) is 6.44. The van der Waals surface area contributed by atoms with Crippen molar-refractivity contribution in [2.45, 2.75) is 6.54 Å². The number of benzene rings is 2. The van der Waals surface area contributed by atoms with Crippen molar-refractivity contribution in [3.63, 3.8) is 0 Å². The van der Waals surface area contributed by atoms with Crippen molar-refractivity contribution in [2.75, 3.05) is 36.4 Å². The molecule has 0 aliphatic carbocycles. The summed E-state index contributed by atoms with van der Waals surface area (Å²) in [6.45, 7) is 5.18. The molecule has 1 saturated heterocycles. The lowest BCUT2D eigenvalue weighted by atomic mass is 10.2. The summed E-state index contributed by atoms with van der Waals surface area (Å²) in [4.78, 5) is 2.43. The topological polar surface area (TPSA) is 27.3 Å². The molecule has 3 heteroatoms. The molecule has 104 valence electrons. The van der Waals surface area contributed by atoms with Crippen LogP contribution in [0.1, 0.15) is 5.56 Å². The molecular weight excluding hydrogens is 246 g/mol. The number of hydrogen-bond donors (Lipinski definition) is 2. The Labute approximate surface area is 120 Å². The van der Waals surface area contributed by atoms with Crippen LogP contribution in [0.15, 0.2) is 54.6 Å². The van der Waals surface area contributed by atoms with Crippen LogP contribution >= 0.6 is 0 Å². The molecule has 2 aromatic rings. The Morgan fingerprint density at radius 2 is 1.75 bits per heavy atom. The van der Waals surface area contributed by atoms with Gasteiger partial charge in [0, 0.05) is 44.1 Å². The van der Waals surface area contributed by atoms with Gasteiger partial charge in [0.15, 0.2) is 0 Å². The molecular formula is C17H21N3. The number of hydrogen-bond acceptors (Lipinski definition) is 3. The van der Waals surface area contributed by atoms with E-state index in [2.05, 4.69) is 70.1 Å². The Morgan fingerprint density at radius 1 is 0.950 bits per heavy atom. The van der Waals surface area contributed by atoms with Crippen LogP contribution in [-0.2, 0) is 6.54 Å². The van der Waals surface area contributed by atoms with Crippen LogP contribution in [0.5, 0.6) is 0 Å². The number of rotatable bonds is 4. The van der Waals surface area contributed by atoms with Gasteiger partial charge in [-0.15, -0.1) is 0 Å². The van der Waals surface area contributed by atoms with E-state index in [4.69, 9.17) is 0 Å². The zero-order chi connectivity index (χ0) is 13.6. The number of nitrogens with zero attached hydrogens (tertiary/aromatic N) is 1.